The molecule has 0 saturated heterocycles. The smallest absolute Gasteiger partial charge is 0.306 e. The molecule has 5 nitrogen and oxygen atoms in total. The maximum absolute atomic E-state index is 12.0. The number of hydrogen-bond acceptors (Lipinski definition) is 4. The van der Waals surface area contributed by atoms with E-state index in [0.717, 1.165) is 10.0 Å². The van der Waals surface area contributed by atoms with Crippen molar-refractivity contribution in [1.82, 2.24) is 0 Å². The van der Waals surface area contributed by atoms with Crippen LogP contribution in [-0.4, -0.2) is 24.3 Å². The van der Waals surface area contributed by atoms with E-state index < -0.39 is 11.9 Å². The summed E-state index contributed by atoms with van der Waals surface area (Å²) < 4.78 is 5.78. The Morgan fingerprint density at radius 1 is 1.04 bits per heavy atom. The van der Waals surface area contributed by atoms with Crippen LogP contribution < -0.4 is 5.32 Å². The number of hydrogen-bond donors (Lipinski definition) is 1. The van der Waals surface area contributed by atoms with Crippen molar-refractivity contribution in [2.24, 2.45) is 0 Å². The summed E-state index contributed by atoms with van der Waals surface area (Å²) in [6.07, 6.45) is -0.0212. The van der Waals surface area contributed by atoms with Crippen molar-refractivity contribution in [3.05, 3.63) is 64.1 Å². The normalized spacial score (nSPS) is 10.2. The van der Waals surface area contributed by atoms with E-state index in [1.54, 1.807) is 30.3 Å². The van der Waals surface area contributed by atoms with E-state index in [2.05, 4.69) is 21.2 Å². The number of nitrogens with one attached hydrogen (secondary N) is 1. The van der Waals surface area contributed by atoms with Crippen molar-refractivity contribution in [2.45, 2.75) is 19.8 Å². The standard InChI is InChI=1S/C19H18BrNO4/c1-13-3-2-4-16(11-13)21-18(23)12-25-19(24)10-9-17(22)14-5-7-15(20)8-6-14/h2-8,11H,9-10,12H2,1H3,(H,21,23). The Labute approximate surface area is 154 Å². The van der Waals surface area contributed by atoms with Crippen LogP contribution >= 0.6 is 15.9 Å². The zero-order chi connectivity index (χ0) is 18.2. The lowest BCUT2D eigenvalue weighted by Crippen LogP contribution is -2.21. The Bertz CT molecular complexity index is 771. The van der Waals surface area contributed by atoms with Gasteiger partial charge in [-0.1, -0.05) is 40.2 Å². The lowest BCUT2D eigenvalue weighted by atomic mass is 10.1. The first kappa shape index (κ1) is 18.9. The van der Waals surface area contributed by atoms with E-state index in [0.29, 0.717) is 11.3 Å². The Morgan fingerprint density at radius 2 is 1.76 bits per heavy atom. The highest BCUT2D eigenvalue weighted by Crippen LogP contribution is 2.13. The molecule has 0 atom stereocenters. The summed E-state index contributed by atoms with van der Waals surface area (Å²) in [5, 5.41) is 2.65. The molecule has 0 aliphatic heterocycles. The molecule has 0 aliphatic rings. The summed E-state index contributed by atoms with van der Waals surface area (Å²) in [5.41, 5.74) is 2.20. The van der Waals surface area contributed by atoms with E-state index in [4.69, 9.17) is 4.74 Å². The van der Waals surface area contributed by atoms with Crippen molar-refractivity contribution in [3.63, 3.8) is 0 Å². The molecule has 0 aliphatic carbocycles. The maximum atomic E-state index is 12.0. The third-order valence-electron chi connectivity index (χ3n) is 3.39. The van der Waals surface area contributed by atoms with Crippen LogP contribution in [-0.2, 0) is 14.3 Å². The molecule has 0 unspecified atom stereocenters. The average molecular weight is 404 g/mol. The predicted molar refractivity (Wildman–Crippen MR) is 98.5 cm³/mol. The number of carbonyl (C=O) groups excluding carboxylic acids is 3. The molecule has 2 aromatic rings. The van der Waals surface area contributed by atoms with Gasteiger partial charge in [-0.2, -0.15) is 0 Å². The predicted octanol–water partition coefficient (Wildman–Crippen LogP) is 3.90. The monoisotopic (exact) mass is 403 g/mol. The fourth-order valence-corrected chi connectivity index (χ4v) is 2.40. The maximum Gasteiger partial charge on any atom is 0.306 e. The summed E-state index contributed by atoms with van der Waals surface area (Å²) in [4.78, 5) is 35.4. The average Bonchev–Trinajstić information content (AvgIpc) is 2.58. The lowest BCUT2D eigenvalue weighted by Gasteiger charge is -2.07. The van der Waals surface area contributed by atoms with Crippen LogP contribution in [0.5, 0.6) is 0 Å². The minimum absolute atomic E-state index is 0.0416. The van der Waals surface area contributed by atoms with Gasteiger partial charge in [-0.3, -0.25) is 14.4 Å². The number of Topliss-reactive ketones (excluding diaryl/α,β-unsaturated/α-hetero) is 1. The van der Waals surface area contributed by atoms with E-state index >= 15 is 0 Å². The van der Waals surface area contributed by atoms with Crippen molar-refractivity contribution >= 4 is 39.3 Å². The van der Waals surface area contributed by atoms with Gasteiger partial charge in [0.2, 0.25) is 0 Å². The Morgan fingerprint density at radius 3 is 2.44 bits per heavy atom. The van der Waals surface area contributed by atoms with Crippen molar-refractivity contribution in [3.8, 4) is 0 Å². The number of amides is 1. The topological polar surface area (TPSA) is 72.5 Å². The molecule has 1 amide bonds. The number of ether oxygens (including phenoxy) is 1. The molecule has 0 bridgehead atoms. The summed E-state index contributed by atoms with van der Waals surface area (Å²) in [6, 6.07) is 14.2. The minimum atomic E-state index is -0.579. The Kier molecular flexibility index (Phi) is 6.89. The number of anilines is 1. The van der Waals surface area contributed by atoms with Crippen LogP contribution in [0.25, 0.3) is 0 Å². The molecule has 1 N–H and O–H groups in total. The molecular formula is C19H18BrNO4. The molecule has 25 heavy (non-hydrogen) atoms. The fraction of sp³-hybridized carbons (Fsp3) is 0.211. The summed E-state index contributed by atoms with van der Waals surface area (Å²) in [5.74, 6) is -1.14. The zero-order valence-corrected chi connectivity index (χ0v) is 15.3. The molecule has 2 aromatic carbocycles. The third kappa shape index (κ3) is 6.51. The van der Waals surface area contributed by atoms with Crippen LogP contribution in [0.2, 0.25) is 0 Å². The minimum Gasteiger partial charge on any atom is -0.456 e. The second kappa shape index (κ2) is 9.13. The van der Waals surface area contributed by atoms with Gasteiger partial charge in [0, 0.05) is 22.1 Å². The van der Waals surface area contributed by atoms with Gasteiger partial charge in [0.25, 0.3) is 5.91 Å². The molecule has 2 rings (SSSR count). The lowest BCUT2D eigenvalue weighted by molar-refractivity contribution is -0.147. The summed E-state index contributed by atoms with van der Waals surface area (Å²) in [6.45, 7) is 1.54. The summed E-state index contributed by atoms with van der Waals surface area (Å²) in [7, 11) is 0. The van der Waals surface area contributed by atoms with Gasteiger partial charge in [-0.15, -0.1) is 0 Å². The van der Waals surface area contributed by atoms with Gasteiger partial charge in [0.05, 0.1) is 6.42 Å². The second-order valence-electron chi connectivity index (χ2n) is 5.51. The third-order valence-corrected chi connectivity index (χ3v) is 3.92. The molecule has 0 heterocycles. The SMILES string of the molecule is Cc1cccc(NC(=O)COC(=O)CCC(=O)c2ccc(Br)cc2)c1. The van der Waals surface area contributed by atoms with Crippen LogP contribution in [0.4, 0.5) is 5.69 Å². The molecule has 0 saturated carbocycles. The van der Waals surface area contributed by atoms with Crippen molar-refractivity contribution in [2.75, 3.05) is 11.9 Å². The molecule has 6 heteroatoms. The number of ketones is 1. The molecule has 130 valence electrons. The Balaban J connectivity index is 1.72. The van der Waals surface area contributed by atoms with Gasteiger partial charge < -0.3 is 10.1 Å². The highest BCUT2D eigenvalue weighted by molar-refractivity contribution is 9.10. The van der Waals surface area contributed by atoms with Crippen molar-refractivity contribution in [1.29, 1.82) is 0 Å². The largest absolute Gasteiger partial charge is 0.456 e. The second-order valence-corrected chi connectivity index (χ2v) is 6.42. The number of esters is 1. The quantitative estimate of drug-likeness (QED) is 0.561. The van der Waals surface area contributed by atoms with Crippen LogP contribution in [0.3, 0.4) is 0 Å². The fourth-order valence-electron chi connectivity index (χ4n) is 2.13. The van der Waals surface area contributed by atoms with Crippen molar-refractivity contribution < 1.29 is 19.1 Å². The number of rotatable bonds is 7. The molecule has 0 fully saturated rings. The van der Waals surface area contributed by atoms with Gasteiger partial charge in [0.1, 0.15) is 0 Å². The first-order chi connectivity index (χ1) is 11.9. The van der Waals surface area contributed by atoms with Crippen LogP contribution in [0.1, 0.15) is 28.8 Å². The summed E-state index contributed by atoms with van der Waals surface area (Å²) >= 11 is 3.30. The van der Waals surface area contributed by atoms with Gasteiger partial charge in [-0.25, -0.2) is 0 Å². The molecule has 0 spiro atoms. The molecule has 0 aromatic heterocycles. The number of benzene rings is 2. The highest BCUT2D eigenvalue weighted by Gasteiger charge is 2.12. The van der Waals surface area contributed by atoms with Gasteiger partial charge >= 0.3 is 5.97 Å². The zero-order valence-electron chi connectivity index (χ0n) is 13.8. The first-order valence-corrected chi connectivity index (χ1v) is 8.54. The van der Waals surface area contributed by atoms with Crippen LogP contribution in [0, 0.1) is 6.92 Å². The number of aryl methyl sites for hydroxylation is 1. The van der Waals surface area contributed by atoms with Gasteiger partial charge in [-0.05, 0) is 36.8 Å². The van der Waals surface area contributed by atoms with Gasteiger partial charge in [0.15, 0.2) is 12.4 Å². The Hall–Kier alpha value is -2.47. The number of carbonyl (C=O) groups is 3. The highest BCUT2D eigenvalue weighted by atomic mass is 79.9. The van der Waals surface area contributed by atoms with E-state index in [-0.39, 0.29) is 25.2 Å². The van der Waals surface area contributed by atoms with E-state index in [1.165, 1.54) is 0 Å². The van der Waals surface area contributed by atoms with E-state index in [9.17, 15) is 14.4 Å². The first-order valence-electron chi connectivity index (χ1n) is 7.75. The van der Waals surface area contributed by atoms with E-state index in [1.807, 2.05) is 25.1 Å². The molecular weight excluding hydrogens is 386 g/mol. The molecule has 0 radical (unpaired) electrons. The van der Waals surface area contributed by atoms with Crippen LogP contribution in [0.15, 0.2) is 53.0 Å². The number of halogens is 1.